The van der Waals surface area contributed by atoms with E-state index in [4.69, 9.17) is 23.2 Å². The highest BCUT2D eigenvalue weighted by Crippen LogP contribution is 2.32. The molecule has 1 aromatic carbocycles. The predicted molar refractivity (Wildman–Crippen MR) is 118 cm³/mol. The number of rotatable bonds is 6. The van der Waals surface area contributed by atoms with E-state index in [1.807, 2.05) is 24.0 Å². The third-order valence-electron chi connectivity index (χ3n) is 6.00. The number of aryl methyl sites for hydroxylation is 1. The van der Waals surface area contributed by atoms with Crippen LogP contribution in [0, 0.1) is 18.8 Å². The zero-order valence-corrected chi connectivity index (χ0v) is 18.1. The minimum atomic E-state index is 0.0271. The number of likely N-dealkylation sites (tertiary alicyclic amines) is 2. The van der Waals surface area contributed by atoms with E-state index in [0.29, 0.717) is 22.4 Å². The molecular formula is C22H26Cl2N4O. The summed E-state index contributed by atoms with van der Waals surface area (Å²) >= 11 is 12.3. The number of halogens is 2. The number of nitrogens with zero attached hydrogens (tertiary/aromatic N) is 3. The van der Waals surface area contributed by atoms with Crippen LogP contribution < -0.4 is 5.32 Å². The molecule has 0 aliphatic carbocycles. The fourth-order valence-electron chi connectivity index (χ4n) is 4.40. The Kier molecular flexibility index (Phi) is 6.28. The van der Waals surface area contributed by atoms with Crippen molar-refractivity contribution in [1.29, 1.82) is 0 Å². The number of benzene rings is 1. The molecule has 29 heavy (non-hydrogen) atoms. The highest BCUT2D eigenvalue weighted by atomic mass is 35.5. The molecule has 0 spiro atoms. The molecule has 1 aromatic heterocycles. The maximum absolute atomic E-state index is 12.8. The van der Waals surface area contributed by atoms with Gasteiger partial charge < -0.3 is 15.1 Å². The van der Waals surface area contributed by atoms with Gasteiger partial charge in [0.2, 0.25) is 0 Å². The maximum atomic E-state index is 12.8. The van der Waals surface area contributed by atoms with Crippen molar-refractivity contribution in [1.82, 2.24) is 14.8 Å². The number of fused-ring (bicyclic) bond motifs is 1. The monoisotopic (exact) mass is 432 g/mol. The molecule has 2 atom stereocenters. The SMILES string of the molecule is Cc1ccc(NCCCN2CC3CN(C(=O)c4ccncc4Cl)CC3C2)cc1Cl. The lowest BCUT2D eigenvalue weighted by Gasteiger charge is -2.22. The number of carbonyl (C=O) groups excluding carboxylic acids is 1. The summed E-state index contributed by atoms with van der Waals surface area (Å²) in [4.78, 5) is 21.2. The molecule has 1 N–H and O–H groups in total. The van der Waals surface area contributed by atoms with Gasteiger partial charge in [0, 0.05) is 55.8 Å². The van der Waals surface area contributed by atoms with Gasteiger partial charge in [-0.1, -0.05) is 29.3 Å². The Morgan fingerprint density at radius 3 is 2.59 bits per heavy atom. The molecule has 0 radical (unpaired) electrons. The molecule has 0 bridgehead atoms. The van der Waals surface area contributed by atoms with E-state index in [1.54, 1.807) is 12.3 Å². The number of hydrogen-bond acceptors (Lipinski definition) is 4. The molecule has 7 heteroatoms. The average molecular weight is 433 g/mol. The molecule has 154 valence electrons. The van der Waals surface area contributed by atoms with Crippen molar-refractivity contribution in [2.45, 2.75) is 13.3 Å². The molecule has 2 aliphatic heterocycles. The largest absolute Gasteiger partial charge is 0.385 e. The summed E-state index contributed by atoms with van der Waals surface area (Å²) in [6, 6.07) is 7.80. The molecule has 2 unspecified atom stereocenters. The Hall–Kier alpha value is -1.82. The van der Waals surface area contributed by atoms with Crippen molar-refractivity contribution in [3.8, 4) is 0 Å². The molecule has 0 saturated carbocycles. The van der Waals surface area contributed by atoms with Gasteiger partial charge in [-0.05, 0) is 55.5 Å². The van der Waals surface area contributed by atoms with Crippen LogP contribution in [0.3, 0.4) is 0 Å². The Morgan fingerprint density at radius 2 is 1.90 bits per heavy atom. The van der Waals surface area contributed by atoms with Gasteiger partial charge in [-0.25, -0.2) is 0 Å². The summed E-state index contributed by atoms with van der Waals surface area (Å²) < 4.78 is 0. The third-order valence-corrected chi connectivity index (χ3v) is 6.71. The highest BCUT2D eigenvalue weighted by molar-refractivity contribution is 6.33. The maximum Gasteiger partial charge on any atom is 0.255 e. The third kappa shape index (κ3) is 4.68. The fourth-order valence-corrected chi connectivity index (χ4v) is 4.78. The van der Waals surface area contributed by atoms with E-state index in [1.165, 1.54) is 6.20 Å². The van der Waals surface area contributed by atoms with E-state index in [9.17, 15) is 4.79 Å². The van der Waals surface area contributed by atoms with Crippen molar-refractivity contribution in [2.75, 3.05) is 44.6 Å². The number of nitrogens with one attached hydrogen (secondary N) is 1. The number of pyridine rings is 1. The van der Waals surface area contributed by atoms with Crippen molar-refractivity contribution >= 4 is 34.8 Å². The quantitative estimate of drug-likeness (QED) is 0.694. The molecular weight excluding hydrogens is 407 g/mol. The highest BCUT2D eigenvalue weighted by Gasteiger charge is 2.41. The molecule has 3 heterocycles. The molecule has 1 amide bonds. The molecule has 5 nitrogen and oxygen atoms in total. The number of anilines is 1. The van der Waals surface area contributed by atoms with E-state index in [0.717, 1.165) is 62.0 Å². The smallest absolute Gasteiger partial charge is 0.255 e. The van der Waals surface area contributed by atoms with Crippen molar-refractivity contribution < 1.29 is 4.79 Å². The Bertz CT molecular complexity index is 877. The van der Waals surface area contributed by atoms with Crippen LogP contribution in [-0.2, 0) is 0 Å². The van der Waals surface area contributed by atoms with Gasteiger partial charge in [0.05, 0.1) is 10.6 Å². The number of amides is 1. The van der Waals surface area contributed by atoms with Crippen LogP contribution in [-0.4, -0.2) is 60.0 Å². The lowest BCUT2D eigenvalue weighted by molar-refractivity contribution is 0.0774. The van der Waals surface area contributed by atoms with Gasteiger partial charge in [0.25, 0.3) is 5.91 Å². The van der Waals surface area contributed by atoms with Gasteiger partial charge in [-0.2, -0.15) is 0 Å². The Labute approximate surface area is 182 Å². The zero-order chi connectivity index (χ0) is 20.4. The number of carbonyl (C=O) groups is 1. The first kappa shape index (κ1) is 20.5. The van der Waals surface area contributed by atoms with Crippen LogP contribution in [0.5, 0.6) is 0 Å². The lowest BCUT2D eigenvalue weighted by Crippen LogP contribution is -2.34. The van der Waals surface area contributed by atoms with Crippen LogP contribution in [0.2, 0.25) is 10.0 Å². The van der Waals surface area contributed by atoms with Crippen LogP contribution in [0.15, 0.2) is 36.7 Å². The normalized spacial score (nSPS) is 21.4. The molecule has 2 aliphatic rings. The molecule has 4 rings (SSSR count). The first-order valence-corrected chi connectivity index (χ1v) is 10.9. The molecule has 2 fully saturated rings. The summed E-state index contributed by atoms with van der Waals surface area (Å²) in [6.45, 7) is 7.78. The molecule has 2 saturated heterocycles. The van der Waals surface area contributed by atoms with Crippen molar-refractivity contribution in [2.24, 2.45) is 11.8 Å². The second-order valence-corrected chi connectivity index (χ2v) is 8.90. The summed E-state index contributed by atoms with van der Waals surface area (Å²) in [7, 11) is 0. The number of aromatic nitrogens is 1. The Balaban J connectivity index is 1.21. The number of hydrogen-bond donors (Lipinski definition) is 1. The topological polar surface area (TPSA) is 48.5 Å². The lowest BCUT2D eigenvalue weighted by atomic mass is 10.0. The summed E-state index contributed by atoms with van der Waals surface area (Å²) in [5, 5.41) is 4.68. The van der Waals surface area contributed by atoms with Gasteiger partial charge in [-0.3, -0.25) is 9.78 Å². The Morgan fingerprint density at radius 1 is 1.14 bits per heavy atom. The van der Waals surface area contributed by atoms with Crippen LogP contribution in [0.4, 0.5) is 5.69 Å². The van der Waals surface area contributed by atoms with Crippen LogP contribution in [0.1, 0.15) is 22.3 Å². The molecule has 2 aromatic rings. The standard InChI is InChI=1S/C22H26Cl2N4O/c1-15-3-4-18(9-20(15)23)26-6-2-8-27-11-16-13-28(14-17(16)12-27)22(29)19-5-7-25-10-21(19)24/h3-5,7,9-10,16-17,26H,2,6,8,11-14H2,1H3. The van der Waals surface area contributed by atoms with E-state index in [-0.39, 0.29) is 5.91 Å². The zero-order valence-electron chi connectivity index (χ0n) is 16.6. The minimum Gasteiger partial charge on any atom is -0.385 e. The van der Waals surface area contributed by atoms with Crippen molar-refractivity contribution in [3.05, 3.63) is 57.8 Å². The average Bonchev–Trinajstić information content (AvgIpc) is 3.26. The second-order valence-electron chi connectivity index (χ2n) is 8.09. The van der Waals surface area contributed by atoms with Gasteiger partial charge in [0.15, 0.2) is 0 Å². The fraction of sp³-hybridized carbons (Fsp3) is 0.455. The second kappa shape index (κ2) is 8.90. The van der Waals surface area contributed by atoms with E-state index < -0.39 is 0 Å². The minimum absolute atomic E-state index is 0.0271. The van der Waals surface area contributed by atoms with E-state index in [2.05, 4.69) is 21.3 Å². The van der Waals surface area contributed by atoms with Gasteiger partial charge >= 0.3 is 0 Å². The van der Waals surface area contributed by atoms with E-state index >= 15 is 0 Å². The van der Waals surface area contributed by atoms with Crippen LogP contribution >= 0.6 is 23.2 Å². The first-order chi connectivity index (χ1) is 14.0. The predicted octanol–water partition coefficient (Wildman–Crippen LogP) is 4.20. The first-order valence-electron chi connectivity index (χ1n) is 10.1. The summed E-state index contributed by atoms with van der Waals surface area (Å²) in [6.07, 6.45) is 4.24. The summed E-state index contributed by atoms with van der Waals surface area (Å²) in [5.41, 5.74) is 2.73. The van der Waals surface area contributed by atoms with Crippen molar-refractivity contribution in [3.63, 3.8) is 0 Å². The van der Waals surface area contributed by atoms with Crippen LogP contribution in [0.25, 0.3) is 0 Å². The van der Waals surface area contributed by atoms with Gasteiger partial charge in [-0.15, -0.1) is 0 Å². The van der Waals surface area contributed by atoms with Gasteiger partial charge in [0.1, 0.15) is 0 Å². The summed E-state index contributed by atoms with van der Waals surface area (Å²) in [5.74, 6) is 1.14.